The van der Waals surface area contributed by atoms with Crippen molar-refractivity contribution in [1.29, 1.82) is 0 Å². The Morgan fingerprint density at radius 2 is 2.13 bits per heavy atom. The molecule has 7 heteroatoms. The van der Waals surface area contributed by atoms with Crippen LogP contribution in [0.1, 0.15) is 5.69 Å². The fourth-order valence-electron chi connectivity index (χ4n) is 2.60. The molecular formula is C16H11Cl2N3OS. The van der Waals surface area contributed by atoms with Crippen LogP contribution in [0.3, 0.4) is 0 Å². The zero-order chi connectivity index (χ0) is 16.0. The molecule has 1 aromatic carbocycles. The van der Waals surface area contributed by atoms with Gasteiger partial charge >= 0.3 is 0 Å². The lowest BCUT2D eigenvalue weighted by molar-refractivity contribution is 0.579. The predicted octanol–water partition coefficient (Wildman–Crippen LogP) is 5.09. The van der Waals surface area contributed by atoms with Crippen molar-refractivity contribution >= 4 is 39.5 Å². The van der Waals surface area contributed by atoms with E-state index < -0.39 is 0 Å². The van der Waals surface area contributed by atoms with E-state index in [9.17, 15) is 0 Å². The van der Waals surface area contributed by atoms with Gasteiger partial charge in [-0.1, -0.05) is 23.2 Å². The molecule has 0 spiro atoms. The number of nitrogens with two attached hydrogens (primary N) is 1. The third kappa shape index (κ3) is 2.37. The van der Waals surface area contributed by atoms with Gasteiger partial charge < -0.3 is 10.2 Å². The van der Waals surface area contributed by atoms with Gasteiger partial charge in [0.2, 0.25) is 0 Å². The van der Waals surface area contributed by atoms with Gasteiger partial charge in [-0.25, -0.2) is 4.98 Å². The number of fused-ring (bicyclic) bond motifs is 1. The van der Waals surface area contributed by atoms with Crippen molar-refractivity contribution in [3.05, 3.63) is 57.7 Å². The number of aromatic nitrogens is 2. The zero-order valence-corrected chi connectivity index (χ0v) is 14.1. The summed E-state index contributed by atoms with van der Waals surface area (Å²) in [4.78, 5) is 5.55. The Balaban J connectivity index is 1.98. The van der Waals surface area contributed by atoms with E-state index in [1.165, 1.54) is 11.3 Å². The second kappa shape index (κ2) is 5.69. The summed E-state index contributed by atoms with van der Waals surface area (Å²) in [5, 5.41) is 3.15. The maximum atomic E-state index is 6.34. The monoisotopic (exact) mass is 363 g/mol. The van der Waals surface area contributed by atoms with Gasteiger partial charge in [0.25, 0.3) is 0 Å². The summed E-state index contributed by atoms with van der Waals surface area (Å²) in [7, 11) is 0. The number of furan rings is 1. The summed E-state index contributed by atoms with van der Waals surface area (Å²) >= 11 is 13.9. The lowest BCUT2D eigenvalue weighted by Gasteiger charge is -2.06. The number of imidazole rings is 1. The minimum atomic E-state index is 0.333. The Labute approximate surface area is 146 Å². The molecule has 4 nitrogen and oxygen atoms in total. The zero-order valence-electron chi connectivity index (χ0n) is 11.8. The molecule has 2 N–H and O–H groups in total. The van der Waals surface area contributed by atoms with Crippen molar-refractivity contribution in [2.45, 2.75) is 6.54 Å². The summed E-state index contributed by atoms with van der Waals surface area (Å²) in [6.45, 7) is 0.333. The van der Waals surface area contributed by atoms with Crippen molar-refractivity contribution in [2.24, 2.45) is 5.73 Å². The van der Waals surface area contributed by atoms with Crippen LogP contribution in [0.15, 0.2) is 46.4 Å². The Kier molecular flexibility index (Phi) is 3.66. The Morgan fingerprint density at radius 3 is 2.83 bits per heavy atom. The molecule has 23 heavy (non-hydrogen) atoms. The van der Waals surface area contributed by atoms with Crippen molar-refractivity contribution in [1.82, 2.24) is 9.38 Å². The molecule has 0 aliphatic carbocycles. The predicted molar refractivity (Wildman–Crippen MR) is 94.1 cm³/mol. The normalized spacial score (nSPS) is 11.4. The van der Waals surface area contributed by atoms with Gasteiger partial charge in [-0.15, -0.1) is 11.3 Å². The summed E-state index contributed by atoms with van der Waals surface area (Å²) < 4.78 is 7.53. The van der Waals surface area contributed by atoms with Crippen LogP contribution in [-0.4, -0.2) is 9.38 Å². The molecule has 0 fully saturated rings. The van der Waals surface area contributed by atoms with E-state index >= 15 is 0 Å². The molecular weight excluding hydrogens is 353 g/mol. The quantitative estimate of drug-likeness (QED) is 0.551. The highest BCUT2D eigenvalue weighted by molar-refractivity contribution is 7.15. The number of hydrogen-bond acceptors (Lipinski definition) is 4. The second-order valence-electron chi connectivity index (χ2n) is 4.95. The van der Waals surface area contributed by atoms with Gasteiger partial charge in [-0.2, -0.15) is 0 Å². The molecule has 0 saturated carbocycles. The van der Waals surface area contributed by atoms with Crippen LogP contribution >= 0.6 is 34.5 Å². The number of benzene rings is 1. The topological polar surface area (TPSA) is 56.5 Å². The average Bonchev–Trinajstić information content (AvgIpc) is 3.22. The standard InChI is InChI=1S/C16H11Cl2N3OS/c17-9-3-4-10(11(18)6-9)15-12(7-19)21-13(8-23-16(21)20-15)14-2-1-5-22-14/h1-6,8H,7,19H2. The molecule has 0 aliphatic heterocycles. The van der Waals surface area contributed by atoms with Crippen molar-refractivity contribution in [3.63, 3.8) is 0 Å². The van der Waals surface area contributed by atoms with Crippen LogP contribution in [0.25, 0.3) is 27.7 Å². The van der Waals surface area contributed by atoms with Gasteiger partial charge in [0.05, 0.1) is 22.7 Å². The van der Waals surface area contributed by atoms with Crippen molar-refractivity contribution in [3.8, 4) is 22.7 Å². The molecule has 0 radical (unpaired) electrons. The highest BCUT2D eigenvalue weighted by Crippen LogP contribution is 2.36. The van der Waals surface area contributed by atoms with E-state index in [1.807, 2.05) is 28.0 Å². The first-order valence-electron chi connectivity index (χ1n) is 6.87. The maximum absolute atomic E-state index is 6.34. The number of nitrogens with zero attached hydrogens (tertiary/aromatic N) is 2. The molecule has 4 rings (SSSR count). The second-order valence-corrected chi connectivity index (χ2v) is 6.63. The molecule has 3 aromatic heterocycles. The molecule has 0 aliphatic rings. The van der Waals surface area contributed by atoms with Crippen LogP contribution in [0, 0.1) is 0 Å². The number of thiazole rings is 1. The third-order valence-electron chi connectivity index (χ3n) is 3.61. The first-order valence-corrected chi connectivity index (χ1v) is 8.51. The molecule has 4 aromatic rings. The number of hydrogen-bond donors (Lipinski definition) is 1. The first kappa shape index (κ1) is 14.8. The molecule has 0 amide bonds. The lowest BCUT2D eigenvalue weighted by atomic mass is 10.1. The molecule has 116 valence electrons. The van der Waals surface area contributed by atoms with Crippen LogP contribution in [0.5, 0.6) is 0 Å². The molecule has 0 atom stereocenters. The van der Waals surface area contributed by atoms with Crippen molar-refractivity contribution < 1.29 is 4.42 Å². The van der Waals surface area contributed by atoms with Gasteiger partial charge in [0.15, 0.2) is 10.7 Å². The molecule has 0 bridgehead atoms. The Morgan fingerprint density at radius 1 is 1.26 bits per heavy atom. The summed E-state index contributed by atoms with van der Waals surface area (Å²) in [5.74, 6) is 0.775. The van der Waals surface area contributed by atoms with E-state index in [0.717, 1.165) is 33.4 Å². The maximum Gasteiger partial charge on any atom is 0.195 e. The lowest BCUT2D eigenvalue weighted by Crippen LogP contribution is -2.03. The minimum absolute atomic E-state index is 0.333. The summed E-state index contributed by atoms with van der Waals surface area (Å²) in [6.07, 6.45) is 1.65. The Hall–Kier alpha value is -1.79. The van der Waals surface area contributed by atoms with Crippen molar-refractivity contribution in [2.75, 3.05) is 0 Å². The highest BCUT2D eigenvalue weighted by Gasteiger charge is 2.20. The molecule has 0 saturated heterocycles. The smallest absolute Gasteiger partial charge is 0.195 e. The van der Waals surface area contributed by atoms with E-state index in [4.69, 9.17) is 38.3 Å². The fraction of sp³-hybridized carbons (Fsp3) is 0.0625. The first-order chi connectivity index (χ1) is 11.2. The van der Waals surface area contributed by atoms with Gasteiger partial charge in [-0.3, -0.25) is 4.40 Å². The van der Waals surface area contributed by atoms with Crippen LogP contribution in [0.4, 0.5) is 0 Å². The largest absolute Gasteiger partial charge is 0.463 e. The number of rotatable bonds is 3. The average molecular weight is 364 g/mol. The SMILES string of the molecule is NCc1c(-c2ccc(Cl)cc2Cl)nc2scc(-c3ccco3)n12. The summed E-state index contributed by atoms with van der Waals surface area (Å²) in [5.41, 5.74) is 9.41. The fourth-order valence-corrected chi connectivity index (χ4v) is 3.99. The molecule has 3 heterocycles. The van der Waals surface area contributed by atoms with E-state index in [2.05, 4.69) is 0 Å². The van der Waals surface area contributed by atoms with Gasteiger partial charge in [0.1, 0.15) is 5.69 Å². The van der Waals surface area contributed by atoms with E-state index in [-0.39, 0.29) is 0 Å². The van der Waals surface area contributed by atoms with Crippen LogP contribution < -0.4 is 5.73 Å². The molecule has 0 unspecified atom stereocenters. The Bertz CT molecular complexity index is 989. The summed E-state index contributed by atoms with van der Waals surface area (Å²) in [6, 6.07) is 9.14. The van der Waals surface area contributed by atoms with E-state index in [1.54, 1.807) is 18.4 Å². The van der Waals surface area contributed by atoms with Gasteiger partial charge in [-0.05, 0) is 30.3 Å². The number of halogens is 2. The minimum Gasteiger partial charge on any atom is -0.463 e. The third-order valence-corrected chi connectivity index (χ3v) is 4.99. The van der Waals surface area contributed by atoms with E-state index in [0.29, 0.717) is 16.6 Å². The van der Waals surface area contributed by atoms with Crippen LogP contribution in [0.2, 0.25) is 10.0 Å². The van der Waals surface area contributed by atoms with Crippen LogP contribution in [-0.2, 0) is 6.54 Å². The van der Waals surface area contributed by atoms with Gasteiger partial charge in [0, 0.05) is 22.5 Å². The highest BCUT2D eigenvalue weighted by atomic mass is 35.5.